The fourth-order valence-electron chi connectivity index (χ4n) is 1.60. The van der Waals surface area contributed by atoms with Crippen LogP contribution in [0.5, 0.6) is 0 Å². The van der Waals surface area contributed by atoms with Crippen LogP contribution in [0.4, 0.5) is 4.79 Å². The van der Waals surface area contributed by atoms with Crippen LogP contribution in [0.15, 0.2) is 0 Å². The molecule has 0 aromatic rings. The highest BCUT2D eigenvalue weighted by Crippen LogP contribution is 2.08. The maximum absolute atomic E-state index is 10.5. The van der Waals surface area contributed by atoms with Crippen molar-refractivity contribution in [1.82, 2.24) is 10.6 Å². The Bertz CT molecular complexity index is 187. The normalized spacial score (nSPS) is 27.2. The maximum atomic E-state index is 10.5. The van der Waals surface area contributed by atoms with Crippen LogP contribution in [-0.4, -0.2) is 43.0 Å². The highest BCUT2D eigenvalue weighted by Gasteiger charge is 2.26. The van der Waals surface area contributed by atoms with Gasteiger partial charge in [-0.1, -0.05) is 6.92 Å². The van der Waals surface area contributed by atoms with E-state index >= 15 is 0 Å². The van der Waals surface area contributed by atoms with Gasteiger partial charge in [0, 0.05) is 13.2 Å². The van der Waals surface area contributed by atoms with Gasteiger partial charge in [-0.15, -0.1) is 0 Å². The van der Waals surface area contributed by atoms with Crippen LogP contribution in [-0.2, 0) is 4.74 Å². The average molecular weight is 202 g/mol. The number of carboxylic acid groups (broad SMARTS) is 1. The van der Waals surface area contributed by atoms with E-state index in [-0.39, 0.29) is 12.1 Å². The molecule has 0 aromatic carbocycles. The zero-order valence-corrected chi connectivity index (χ0v) is 8.45. The van der Waals surface area contributed by atoms with Crippen LogP contribution in [0.1, 0.15) is 19.8 Å². The van der Waals surface area contributed by atoms with Crippen LogP contribution < -0.4 is 10.6 Å². The number of nitrogens with one attached hydrogen (secondary N) is 2. The molecule has 0 unspecified atom stereocenters. The van der Waals surface area contributed by atoms with Crippen molar-refractivity contribution in [3.63, 3.8) is 0 Å². The molecule has 1 aliphatic rings. The second-order valence-electron chi connectivity index (χ2n) is 3.46. The van der Waals surface area contributed by atoms with E-state index in [2.05, 4.69) is 10.6 Å². The Morgan fingerprint density at radius 2 is 2.50 bits per heavy atom. The predicted octanol–water partition coefficient (Wildman–Crippen LogP) is 0.411. The molecule has 1 rings (SSSR count). The number of hydrogen-bond donors (Lipinski definition) is 3. The van der Waals surface area contributed by atoms with Crippen molar-refractivity contribution in [1.29, 1.82) is 0 Å². The van der Waals surface area contributed by atoms with E-state index in [0.717, 1.165) is 25.9 Å². The number of hydrogen-bond acceptors (Lipinski definition) is 3. The van der Waals surface area contributed by atoms with Crippen molar-refractivity contribution >= 4 is 6.09 Å². The molecular formula is C9H18N2O3. The zero-order valence-electron chi connectivity index (χ0n) is 8.45. The van der Waals surface area contributed by atoms with Gasteiger partial charge in [-0.25, -0.2) is 4.79 Å². The molecule has 0 spiro atoms. The second kappa shape index (κ2) is 5.82. The second-order valence-corrected chi connectivity index (χ2v) is 3.46. The first-order chi connectivity index (χ1) is 6.74. The minimum atomic E-state index is -0.970. The Hall–Kier alpha value is -0.810. The summed E-state index contributed by atoms with van der Waals surface area (Å²) in [6.07, 6.45) is 0.749. The lowest BCUT2D eigenvalue weighted by molar-refractivity contribution is 0.0151. The Labute approximate surface area is 83.8 Å². The van der Waals surface area contributed by atoms with E-state index in [0.29, 0.717) is 6.61 Å². The van der Waals surface area contributed by atoms with Crippen LogP contribution in [0.3, 0.4) is 0 Å². The van der Waals surface area contributed by atoms with Crippen molar-refractivity contribution in [2.75, 3.05) is 19.7 Å². The van der Waals surface area contributed by atoms with Crippen LogP contribution in [0.25, 0.3) is 0 Å². The number of carbonyl (C=O) groups is 1. The highest BCUT2D eigenvalue weighted by atomic mass is 16.5. The number of amides is 1. The molecule has 0 bridgehead atoms. The molecule has 5 heteroatoms. The Morgan fingerprint density at radius 3 is 3.14 bits per heavy atom. The van der Waals surface area contributed by atoms with Gasteiger partial charge in [0.15, 0.2) is 0 Å². The summed E-state index contributed by atoms with van der Waals surface area (Å²) in [5.74, 6) is 0. The summed E-state index contributed by atoms with van der Waals surface area (Å²) in [6, 6.07) is -0.0692. The average Bonchev–Trinajstić information content (AvgIpc) is 2.16. The molecule has 5 nitrogen and oxygen atoms in total. The summed E-state index contributed by atoms with van der Waals surface area (Å²) in [7, 11) is 0. The largest absolute Gasteiger partial charge is 0.465 e. The monoisotopic (exact) mass is 202 g/mol. The van der Waals surface area contributed by atoms with E-state index in [1.165, 1.54) is 0 Å². The molecule has 1 heterocycles. The van der Waals surface area contributed by atoms with Gasteiger partial charge in [-0.05, 0) is 19.4 Å². The molecule has 1 aliphatic heterocycles. The standard InChI is InChI=1S/C9H18N2O3/c1-2-5-14-8-6-10-4-3-7(8)11-9(12)13/h7-8,10-11H,2-6H2,1H3,(H,12,13)/t7-,8+/m0/s1. The summed E-state index contributed by atoms with van der Waals surface area (Å²) in [5.41, 5.74) is 0. The first kappa shape index (κ1) is 11.3. The van der Waals surface area contributed by atoms with Crippen LogP contribution >= 0.6 is 0 Å². The van der Waals surface area contributed by atoms with Gasteiger partial charge in [0.25, 0.3) is 0 Å². The molecule has 0 saturated carbocycles. The Morgan fingerprint density at radius 1 is 1.71 bits per heavy atom. The van der Waals surface area contributed by atoms with E-state index in [1.54, 1.807) is 0 Å². The van der Waals surface area contributed by atoms with Crippen molar-refractivity contribution in [2.24, 2.45) is 0 Å². The third-order valence-corrected chi connectivity index (χ3v) is 2.27. The third kappa shape index (κ3) is 3.51. The zero-order chi connectivity index (χ0) is 10.4. The molecule has 1 saturated heterocycles. The summed E-state index contributed by atoms with van der Waals surface area (Å²) in [4.78, 5) is 10.5. The number of rotatable bonds is 4. The first-order valence-electron chi connectivity index (χ1n) is 5.05. The smallest absolute Gasteiger partial charge is 0.404 e. The summed E-state index contributed by atoms with van der Waals surface area (Å²) < 4.78 is 5.56. The number of ether oxygens (including phenoxy) is 1. The third-order valence-electron chi connectivity index (χ3n) is 2.27. The van der Waals surface area contributed by atoms with E-state index < -0.39 is 6.09 Å². The molecule has 14 heavy (non-hydrogen) atoms. The SMILES string of the molecule is CCCO[C@@H]1CNCC[C@@H]1NC(=O)O. The lowest BCUT2D eigenvalue weighted by atomic mass is 10.0. The Kier molecular flexibility index (Phi) is 4.69. The molecular weight excluding hydrogens is 184 g/mol. The number of piperidine rings is 1. The molecule has 82 valence electrons. The van der Waals surface area contributed by atoms with Gasteiger partial charge < -0.3 is 20.5 Å². The molecule has 2 atom stereocenters. The predicted molar refractivity (Wildman–Crippen MR) is 52.5 cm³/mol. The molecule has 0 aliphatic carbocycles. The lowest BCUT2D eigenvalue weighted by Crippen LogP contribution is -2.53. The first-order valence-corrected chi connectivity index (χ1v) is 5.05. The highest BCUT2D eigenvalue weighted by molar-refractivity contribution is 5.64. The quantitative estimate of drug-likeness (QED) is 0.617. The van der Waals surface area contributed by atoms with Gasteiger partial charge in [0.05, 0.1) is 12.1 Å². The van der Waals surface area contributed by atoms with Crippen molar-refractivity contribution < 1.29 is 14.6 Å². The fraction of sp³-hybridized carbons (Fsp3) is 0.889. The van der Waals surface area contributed by atoms with Gasteiger partial charge >= 0.3 is 6.09 Å². The summed E-state index contributed by atoms with van der Waals surface area (Å²) in [5, 5.41) is 14.3. The molecule has 1 fully saturated rings. The van der Waals surface area contributed by atoms with Gasteiger partial charge in [-0.2, -0.15) is 0 Å². The lowest BCUT2D eigenvalue weighted by Gasteiger charge is -2.31. The topological polar surface area (TPSA) is 70.6 Å². The minimum absolute atomic E-state index is 0.0280. The van der Waals surface area contributed by atoms with Crippen molar-refractivity contribution in [3.8, 4) is 0 Å². The Balaban J connectivity index is 2.37. The van der Waals surface area contributed by atoms with Gasteiger partial charge in [0.1, 0.15) is 0 Å². The van der Waals surface area contributed by atoms with Gasteiger partial charge in [0.2, 0.25) is 0 Å². The van der Waals surface area contributed by atoms with Crippen LogP contribution in [0.2, 0.25) is 0 Å². The fourth-order valence-corrected chi connectivity index (χ4v) is 1.60. The van der Waals surface area contributed by atoms with Gasteiger partial charge in [-0.3, -0.25) is 0 Å². The molecule has 0 aromatic heterocycles. The molecule has 0 radical (unpaired) electrons. The van der Waals surface area contributed by atoms with Crippen LogP contribution in [0, 0.1) is 0 Å². The minimum Gasteiger partial charge on any atom is -0.465 e. The van der Waals surface area contributed by atoms with E-state index in [4.69, 9.17) is 9.84 Å². The molecule has 3 N–H and O–H groups in total. The van der Waals surface area contributed by atoms with Crippen molar-refractivity contribution in [3.05, 3.63) is 0 Å². The van der Waals surface area contributed by atoms with Crippen molar-refractivity contribution in [2.45, 2.75) is 31.9 Å². The summed E-state index contributed by atoms with van der Waals surface area (Å²) >= 11 is 0. The maximum Gasteiger partial charge on any atom is 0.404 e. The molecule has 1 amide bonds. The van der Waals surface area contributed by atoms with E-state index in [9.17, 15) is 4.79 Å². The van der Waals surface area contributed by atoms with E-state index in [1.807, 2.05) is 6.92 Å². The summed E-state index contributed by atoms with van der Waals surface area (Å²) in [6.45, 7) is 4.29.